The molecular weight excluding hydrogens is 431 g/mol. The van der Waals surface area contributed by atoms with Crippen molar-refractivity contribution >= 4 is 5.97 Å². The SMILES string of the molecule is COCc1c(COc2ccc(OCC(=O)O)c(C)c2)noc1-c1ccc(C(F)(F)F)cc1. The normalized spacial score (nSPS) is 11.4. The fourth-order valence-corrected chi connectivity index (χ4v) is 2.95. The third kappa shape index (κ3) is 5.58. The highest BCUT2D eigenvalue weighted by atomic mass is 19.4. The summed E-state index contributed by atoms with van der Waals surface area (Å²) in [6.45, 7) is 1.45. The first kappa shape index (κ1) is 23.1. The molecule has 0 saturated carbocycles. The molecule has 0 saturated heterocycles. The summed E-state index contributed by atoms with van der Waals surface area (Å²) in [5.74, 6) is 0.136. The molecule has 1 N–H and O–H groups in total. The van der Waals surface area contributed by atoms with Gasteiger partial charge in [-0.2, -0.15) is 13.2 Å². The number of halogens is 3. The van der Waals surface area contributed by atoms with E-state index in [-0.39, 0.29) is 13.2 Å². The van der Waals surface area contributed by atoms with Gasteiger partial charge in [0.05, 0.1) is 17.7 Å². The van der Waals surface area contributed by atoms with Gasteiger partial charge in [0, 0.05) is 12.7 Å². The van der Waals surface area contributed by atoms with Gasteiger partial charge < -0.3 is 23.8 Å². The number of carbonyl (C=O) groups is 1. The van der Waals surface area contributed by atoms with Crippen LogP contribution in [0.15, 0.2) is 47.0 Å². The average molecular weight is 451 g/mol. The number of benzene rings is 2. The molecule has 1 heterocycles. The Labute approximate surface area is 181 Å². The van der Waals surface area contributed by atoms with E-state index in [9.17, 15) is 18.0 Å². The first-order chi connectivity index (χ1) is 15.2. The maximum absolute atomic E-state index is 12.8. The number of ether oxygens (including phenoxy) is 3. The van der Waals surface area contributed by atoms with Gasteiger partial charge in [0.1, 0.15) is 23.8 Å². The minimum absolute atomic E-state index is 0.0254. The van der Waals surface area contributed by atoms with Crippen molar-refractivity contribution in [2.24, 2.45) is 0 Å². The van der Waals surface area contributed by atoms with Crippen molar-refractivity contribution in [2.75, 3.05) is 13.7 Å². The number of aromatic nitrogens is 1. The van der Waals surface area contributed by atoms with Crippen molar-refractivity contribution in [3.05, 3.63) is 64.8 Å². The van der Waals surface area contributed by atoms with Crippen LogP contribution in [0.5, 0.6) is 11.5 Å². The van der Waals surface area contributed by atoms with Crippen LogP contribution in [-0.2, 0) is 28.9 Å². The molecule has 0 aliphatic rings. The lowest BCUT2D eigenvalue weighted by atomic mass is 10.1. The van der Waals surface area contributed by atoms with Crippen LogP contribution in [0.25, 0.3) is 11.3 Å². The highest BCUT2D eigenvalue weighted by Crippen LogP contribution is 2.33. The van der Waals surface area contributed by atoms with E-state index < -0.39 is 24.3 Å². The lowest BCUT2D eigenvalue weighted by molar-refractivity contribution is -0.139. The molecule has 0 aliphatic carbocycles. The second-order valence-electron chi connectivity index (χ2n) is 6.84. The molecule has 3 aromatic rings. The number of carboxylic acid groups (broad SMARTS) is 1. The number of carboxylic acids is 1. The number of nitrogens with zero attached hydrogens (tertiary/aromatic N) is 1. The van der Waals surface area contributed by atoms with Gasteiger partial charge >= 0.3 is 12.1 Å². The largest absolute Gasteiger partial charge is 0.487 e. The van der Waals surface area contributed by atoms with E-state index >= 15 is 0 Å². The Hall–Kier alpha value is -3.53. The minimum Gasteiger partial charge on any atom is -0.487 e. The Morgan fingerprint density at radius 2 is 1.81 bits per heavy atom. The third-order valence-corrected chi connectivity index (χ3v) is 4.51. The molecule has 1 aromatic heterocycles. The predicted octanol–water partition coefficient (Wildman–Crippen LogP) is 4.86. The number of aryl methyl sites for hydroxylation is 1. The predicted molar refractivity (Wildman–Crippen MR) is 106 cm³/mol. The lowest BCUT2D eigenvalue weighted by Gasteiger charge is -2.10. The Bertz CT molecular complexity index is 1080. The van der Waals surface area contributed by atoms with E-state index in [1.54, 1.807) is 25.1 Å². The summed E-state index contributed by atoms with van der Waals surface area (Å²) in [7, 11) is 1.48. The summed E-state index contributed by atoms with van der Waals surface area (Å²) in [4.78, 5) is 10.6. The van der Waals surface area contributed by atoms with E-state index in [0.717, 1.165) is 12.1 Å². The molecule has 0 spiro atoms. The topological polar surface area (TPSA) is 91.0 Å². The summed E-state index contributed by atoms with van der Waals surface area (Å²) < 4.78 is 60.0. The molecule has 0 fully saturated rings. The average Bonchev–Trinajstić information content (AvgIpc) is 3.14. The van der Waals surface area contributed by atoms with Crippen LogP contribution in [0.3, 0.4) is 0 Å². The van der Waals surface area contributed by atoms with Crippen molar-refractivity contribution in [2.45, 2.75) is 26.3 Å². The summed E-state index contributed by atoms with van der Waals surface area (Å²) >= 11 is 0. The fraction of sp³-hybridized carbons (Fsp3) is 0.273. The highest BCUT2D eigenvalue weighted by Gasteiger charge is 2.30. The molecule has 10 heteroatoms. The molecular formula is C22H20F3NO6. The maximum Gasteiger partial charge on any atom is 0.416 e. The molecule has 32 heavy (non-hydrogen) atoms. The van der Waals surface area contributed by atoms with Gasteiger partial charge in [0.25, 0.3) is 0 Å². The number of rotatable bonds is 9. The van der Waals surface area contributed by atoms with Gasteiger partial charge in [-0.3, -0.25) is 0 Å². The monoisotopic (exact) mass is 451 g/mol. The quantitative estimate of drug-likeness (QED) is 0.497. The van der Waals surface area contributed by atoms with E-state index in [2.05, 4.69) is 5.16 Å². The summed E-state index contributed by atoms with van der Waals surface area (Å²) in [5, 5.41) is 12.7. The Morgan fingerprint density at radius 3 is 2.41 bits per heavy atom. The number of hydrogen-bond acceptors (Lipinski definition) is 6. The van der Waals surface area contributed by atoms with Crippen LogP contribution in [0.4, 0.5) is 13.2 Å². The number of alkyl halides is 3. The summed E-state index contributed by atoms with van der Waals surface area (Å²) in [5.41, 5.74) is 1.35. The molecule has 0 aliphatic heterocycles. The Kier molecular flexibility index (Phi) is 7.04. The number of hydrogen-bond donors (Lipinski definition) is 1. The van der Waals surface area contributed by atoms with Crippen molar-refractivity contribution in [1.82, 2.24) is 5.16 Å². The van der Waals surface area contributed by atoms with E-state index in [1.165, 1.54) is 19.2 Å². The molecule has 7 nitrogen and oxygen atoms in total. The molecule has 0 amide bonds. The minimum atomic E-state index is -4.43. The standard InChI is InChI=1S/C22H20F3NO6/c1-13-9-16(7-8-19(13)31-12-20(27)28)30-11-18-17(10-29-2)21(32-26-18)14-3-5-15(6-4-14)22(23,24)25/h3-9H,10-12H2,1-2H3,(H,27,28). The second-order valence-corrected chi connectivity index (χ2v) is 6.84. The van der Waals surface area contributed by atoms with Crippen molar-refractivity contribution in [1.29, 1.82) is 0 Å². The lowest BCUT2D eigenvalue weighted by Crippen LogP contribution is -2.10. The first-order valence-electron chi connectivity index (χ1n) is 9.41. The summed E-state index contributed by atoms with van der Waals surface area (Å²) in [6.07, 6.45) is -4.43. The van der Waals surface area contributed by atoms with E-state index in [0.29, 0.717) is 39.6 Å². The van der Waals surface area contributed by atoms with Crippen LogP contribution in [0, 0.1) is 6.92 Å². The van der Waals surface area contributed by atoms with E-state index in [1.807, 2.05) is 0 Å². The number of aliphatic carboxylic acids is 1. The van der Waals surface area contributed by atoms with E-state index in [4.69, 9.17) is 23.8 Å². The Balaban J connectivity index is 1.76. The van der Waals surface area contributed by atoms with Crippen LogP contribution >= 0.6 is 0 Å². The van der Waals surface area contributed by atoms with Crippen LogP contribution in [-0.4, -0.2) is 29.9 Å². The molecule has 0 radical (unpaired) electrons. The van der Waals surface area contributed by atoms with Crippen LogP contribution in [0.2, 0.25) is 0 Å². The van der Waals surface area contributed by atoms with Crippen LogP contribution < -0.4 is 9.47 Å². The molecule has 0 atom stereocenters. The molecule has 3 rings (SSSR count). The molecule has 0 bridgehead atoms. The van der Waals surface area contributed by atoms with Gasteiger partial charge in [-0.05, 0) is 42.8 Å². The van der Waals surface area contributed by atoms with Gasteiger partial charge in [0.15, 0.2) is 12.4 Å². The highest BCUT2D eigenvalue weighted by molar-refractivity contribution is 5.68. The van der Waals surface area contributed by atoms with Gasteiger partial charge in [-0.15, -0.1) is 0 Å². The van der Waals surface area contributed by atoms with Gasteiger partial charge in [-0.1, -0.05) is 17.3 Å². The zero-order valence-electron chi connectivity index (χ0n) is 17.2. The van der Waals surface area contributed by atoms with Gasteiger partial charge in [0.2, 0.25) is 0 Å². The second kappa shape index (κ2) is 9.73. The van der Waals surface area contributed by atoms with Crippen molar-refractivity contribution < 1.29 is 41.8 Å². The zero-order chi connectivity index (χ0) is 23.3. The maximum atomic E-state index is 12.8. The fourth-order valence-electron chi connectivity index (χ4n) is 2.95. The van der Waals surface area contributed by atoms with Gasteiger partial charge in [-0.25, -0.2) is 4.79 Å². The third-order valence-electron chi connectivity index (χ3n) is 4.51. The number of methoxy groups -OCH3 is 1. The molecule has 0 unspecified atom stereocenters. The van der Waals surface area contributed by atoms with Crippen molar-refractivity contribution in [3.8, 4) is 22.8 Å². The molecule has 170 valence electrons. The van der Waals surface area contributed by atoms with Crippen LogP contribution in [0.1, 0.15) is 22.4 Å². The summed E-state index contributed by atoms with van der Waals surface area (Å²) in [6, 6.07) is 9.47. The molecule has 2 aromatic carbocycles. The first-order valence-corrected chi connectivity index (χ1v) is 9.41. The smallest absolute Gasteiger partial charge is 0.416 e. The zero-order valence-corrected chi connectivity index (χ0v) is 17.2. The Morgan fingerprint density at radius 1 is 1.09 bits per heavy atom. The van der Waals surface area contributed by atoms with Crippen molar-refractivity contribution in [3.63, 3.8) is 0 Å².